The van der Waals surface area contributed by atoms with Crippen LogP contribution in [0.1, 0.15) is 70.9 Å². The van der Waals surface area contributed by atoms with Gasteiger partial charge in [-0.25, -0.2) is 0 Å². The summed E-state index contributed by atoms with van der Waals surface area (Å²) < 4.78 is 5.76. The topological polar surface area (TPSA) is 55.6 Å². The molecule has 0 saturated carbocycles. The van der Waals surface area contributed by atoms with E-state index in [1.165, 1.54) is 0 Å². The van der Waals surface area contributed by atoms with Crippen LogP contribution in [0.15, 0.2) is 18.2 Å². The lowest BCUT2D eigenvalue weighted by atomic mass is 10.00. The first-order valence-electron chi connectivity index (χ1n) is 8.96. The molecule has 0 radical (unpaired) electrons. The monoisotopic (exact) mass is 318 g/mol. The van der Waals surface area contributed by atoms with E-state index in [1.54, 1.807) is 0 Å². The van der Waals surface area contributed by atoms with Gasteiger partial charge in [-0.05, 0) is 37.5 Å². The number of carbonyl (C=O) groups is 1. The number of nitrogens with zero attached hydrogens (tertiary/aromatic N) is 1. The highest BCUT2D eigenvalue weighted by molar-refractivity contribution is 5.99. The molecule has 1 aromatic carbocycles. The zero-order valence-electron chi connectivity index (χ0n) is 14.7. The molecule has 1 aliphatic heterocycles. The summed E-state index contributed by atoms with van der Waals surface area (Å²) in [6.07, 6.45) is 6.10. The number of unbranched alkanes of at least 4 members (excludes halogenated alkanes) is 3. The molecule has 1 aromatic rings. The molecule has 0 saturated heterocycles. The highest BCUT2D eigenvalue weighted by Crippen LogP contribution is 2.36. The summed E-state index contributed by atoms with van der Waals surface area (Å²) in [5, 5.41) is 0. The van der Waals surface area contributed by atoms with E-state index in [2.05, 4.69) is 13.8 Å². The third kappa shape index (κ3) is 4.25. The third-order valence-corrected chi connectivity index (χ3v) is 4.47. The van der Waals surface area contributed by atoms with E-state index in [4.69, 9.17) is 10.5 Å². The van der Waals surface area contributed by atoms with E-state index in [0.29, 0.717) is 0 Å². The predicted molar refractivity (Wildman–Crippen MR) is 94.9 cm³/mol. The average Bonchev–Trinajstić information content (AvgIpc) is 2.56. The Balaban J connectivity index is 2.23. The molecule has 128 valence electrons. The van der Waals surface area contributed by atoms with Crippen molar-refractivity contribution in [2.45, 2.75) is 71.4 Å². The molecule has 4 heteroatoms. The maximum atomic E-state index is 12.5. The lowest BCUT2D eigenvalue weighted by Crippen LogP contribution is -2.45. The number of rotatable bonds is 8. The lowest BCUT2D eigenvalue weighted by Gasteiger charge is -2.33. The Morgan fingerprint density at radius 1 is 1.22 bits per heavy atom. The van der Waals surface area contributed by atoms with Gasteiger partial charge in [0, 0.05) is 12.6 Å². The van der Waals surface area contributed by atoms with Gasteiger partial charge >= 0.3 is 0 Å². The number of anilines is 1. The van der Waals surface area contributed by atoms with E-state index in [9.17, 15) is 4.79 Å². The first-order chi connectivity index (χ1) is 11.1. The van der Waals surface area contributed by atoms with Crippen molar-refractivity contribution in [3.63, 3.8) is 0 Å². The number of hydrogen-bond donors (Lipinski definition) is 1. The van der Waals surface area contributed by atoms with E-state index in [1.807, 2.05) is 30.0 Å². The van der Waals surface area contributed by atoms with E-state index < -0.39 is 6.10 Å². The normalized spacial score (nSPS) is 18.5. The van der Waals surface area contributed by atoms with Crippen molar-refractivity contribution in [1.29, 1.82) is 0 Å². The maximum absolute atomic E-state index is 12.5. The summed E-state index contributed by atoms with van der Waals surface area (Å²) >= 11 is 0. The number of hydrogen-bond acceptors (Lipinski definition) is 3. The SMILES string of the molecule is CCCCCN1C(=O)C(C)Oc2ccc(C(N)CCCC)cc21. The van der Waals surface area contributed by atoms with Gasteiger partial charge in [-0.15, -0.1) is 0 Å². The second-order valence-electron chi connectivity index (χ2n) is 6.43. The van der Waals surface area contributed by atoms with Gasteiger partial charge in [0.05, 0.1) is 5.69 Å². The summed E-state index contributed by atoms with van der Waals surface area (Å²) in [7, 11) is 0. The minimum Gasteiger partial charge on any atom is -0.479 e. The van der Waals surface area contributed by atoms with Crippen molar-refractivity contribution in [2.75, 3.05) is 11.4 Å². The van der Waals surface area contributed by atoms with Crippen LogP contribution < -0.4 is 15.4 Å². The van der Waals surface area contributed by atoms with Crippen molar-refractivity contribution < 1.29 is 9.53 Å². The standard InChI is InChI=1S/C19H30N2O2/c1-4-6-8-12-21-17-13-15(16(20)9-7-5-2)10-11-18(17)23-14(3)19(21)22/h10-11,13-14,16H,4-9,12,20H2,1-3H3. The molecular formula is C19H30N2O2. The fourth-order valence-electron chi connectivity index (χ4n) is 3.00. The number of nitrogens with two attached hydrogens (primary N) is 1. The largest absolute Gasteiger partial charge is 0.479 e. The van der Waals surface area contributed by atoms with Gasteiger partial charge in [0.15, 0.2) is 6.10 Å². The Morgan fingerprint density at radius 3 is 2.65 bits per heavy atom. The molecule has 4 nitrogen and oxygen atoms in total. The minimum atomic E-state index is -0.413. The van der Waals surface area contributed by atoms with Crippen LogP contribution in [0.4, 0.5) is 5.69 Å². The molecule has 2 rings (SSSR count). The number of benzene rings is 1. The lowest BCUT2D eigenvalue weighted by molar-refractivity contribution is -0.125. The third-order valence-electron chi connectivity index (χ3n) is 4.47. The summed E-state index contributed by atoms with van der Waals surface area (Å²) in [6.45, 7) is 6.91. The predicted octanol–water partition coefficient (Wildman–Crippen LogP) is 4.18. The highest BCUT2D eigenvalue weighted by Gasteiger charge is 2.31. The average molecular weight is 318 g/mol. The molecule has 2 N–H and O–H groups in total. The van der Waals surface area contributed by atoms with Gasteiger partial charge in [0.1, 0.15) is 5.75 Å². The summed E-state index contributed by atoms with van der Waals surface area (Å²) in [6, 6.07) is 6.07. The minimum absolute atomic E-state index is 0.0205. The Labute approximate surface area is 140 Å². The smallest absolute Gasteiger partial charge is 0.267 e. The van der Waals surface area contributed by atoms with Crippen LogP contribution in [0, 0.1) is 0 Å². The van der Waals surface area contributed by atoms with Crippen LogP contribution >= 0.6 is 0 Å². The molecule has 0 aromatic heterocycles. The van der Waals surface area contributed by atoms with Crippen molar-refractivity contribution in [3.05, 3.63) is 23.8 Å². The fourth-order valence-corrected chi connectivity index (χ4v) is 3.00. The van der Waals surface area contributed by atoms with Crippen molar-refractivity contribution in [1.82, 2.24) is 0 Å². The van der Waals surface area contributed by atoms with Gasteiger partial charge in [0.25, 0.3) is 5.91 Å². The van der Waals surface area contributed by atoms with Crippen LogP contribution in [-0.2, 0) is 4.79 Å². The molecule has 0 fully saturated rings. The van der Waals surface area contributed by atoms with Crippen LogP contribution in [0.2, 0.25) is 0 Å². The number of ether oxygens (including phenoxy) is 1. The zero-order valence-corrected chi connectivity index (χ0v) is 14.7. The molecule has 0 bridgehead atoms. The van der Waals surface area contributed by atoms with Crippen molar-refractivity contribution in [3.8, 4) is 5.75 Å². The summed E-state index contributed by atoms with van der Waals surface area (Å²) in [5.41, 5.74) is 8.27. The van der Waals surface area contributed by atoms with Gasteiger partial charge in [-0.3, -0.25) is 4.79 Å². The van der Waals surface area contributed by atoms with E-state index >= 15 is 0 Å². The van der Waals surface area contributed by atoms with Crippen LogP contribution in [0.25, 0.3) is 0 Å². The van der Waals surface area contributed by atoms with E-state index in [-0.39, 0.29) is 11.9 Å². The molecule has 1 amide bonds. The van der Waals surface area contributed by atoms with Crippen LogP contribution in [-0.4, -0.2) is 18.6 Å². The first-order valence-corrected chi connectivity index (χ1v) is 8.96. The first kappa shape index (κ1) is 17.8. The molecular weight excluding hydrogens is 288 g/mol. The Kier molecular flexibility index (Phi) is 6.46. The second-order valence-corrected chi connectivity index (χ2v) is 6.43. The van der Waals surface area contributed by atoms with Gasteiger partial charge in [-0.2, -0.15) is 0 Å². The summed E-state index contributed by atoms with van der Waals surface area (Å²) in [5.74, 6) is 0.841. The number of fused-ring (bicyclic) bond motifs is 1. The van der Waals surface area contributed by atoms with Gasteiger partial charge < -0.3 is 15.4 Å². The quantitative estimate of drug-likeness (QED) is 0.732. The Morgan fingerprint density at radius 2 is 1.96 bits per heavy atom. The molecule has 2 atom stereocenters. The van der Waals surface area contributed by atoms with Gasteiger partial charge in [-0.1, -0.05) is 45.6 Å². The Bertz CT molecular complexity index is 530. The molecule has 0 spiro atoms. The molecule has 23 heavy (non-hydrogen) atoms. The molecule has 2 unspecified atom stereocenters. The maximum Gasteiger partial charge on any atom is 0.267 e. The zero-order chi connectivity index (χ0) is 16.8. The molecule has 1 aliphatic rings. The summed E-state index contributed by atoms with van der Waals surface area (Å²) in [4.78, 5) is 14.4. The fraction of sp³-hybridized carbons (Fsp3) is 0.632. The number of amides is 1. The van der Waals surface area contributed by atoms with Crippen LogP contribution in [0.5, 0.6) is 5.75 Å². The van der Waals surface area contributed by atoms with Crippen LogP contribution in [0.3, 0.4) is 0 Å². The van der Waals surface area contributed by atoms with Gasteiger partial charge in [0.2, 0.25) is 0 Å². The molecule has 0 aliphatic carbocycles. The Hall–Kier alpha value is -1.55. The number of carbonyl (C=O) groups excluding carboxylic acids is 1. The van der Waals surface area contributed by atoms with Crippen molar-refractivity contribution >= 4 is 11.6 Å². The van der Waals surface area contributed by atoms with E-state index in [0.717, 1.165) is 62.1 Å². The highest BCUT2D eigenvalue weighted by atomic mass is 16.5. The molecule has 1 heterocycles. The van der Waals surface area contributed by atoms with Crippen molar-refractivity contribution in [2.24, 2.45) is 5.73 Å². The second kappa shape index (κ2) is 8.34.